The molecule has 2 aliphatic rings. The molecule has 0 atom stereocenters. The second-order valence-corrected chi connectivity index (χ2v) is 11.0. The molecule has 2 fully saturated rings. The number of hydrogen-bond acceptors (Lipinski definition) is 7. The number of anilines is 2. The number of ether oxygens (including phenoxy) is 3. The predicted molar refractivity (Wildman–Crippen MR) is 151 cm³/mol. The third-order valence-electron chi connectivity index (χ3n) is 6.36. The Labute approximate surface area is 247 Å². The molecule has 0 unspecified atom stereocenters. The van der Waals surface area contributed by atoms with E-state index >= 15 is 0 Å². The van der Waals surface area contributed by atoms with E-state index in [9.17, 15) is 31.1 Å². The SMILES string of the molecule is CC(C)(C)OC(=O)N1CCCN(c2ccc(OC(F)(F)F)cc2)CC1.FC(F)(F)Oc1ccc(N2CCCNCC2)cc1. The van der Waals surface area contributed by atoms with E-state index in [0.29, 0.717) is 26.2 Å². The third kappa shape index (κ3) is 12.7. The van der Waals surface area contributed by atoms with Gasteiger partial charge in [0, 0.05) is 57.2 Å². The van der Waals surface area contributed by atoms with Crippen LogP contribution in [-0.4, -0.2) is 81.7 Å². The molecule has 0 radical (unpaired) electrons. The Bertz CT molecular complexity index is 1130. The molecule has 2 aliphatic heterocycles. The van der Waals surface area contributed by atoms with Crippen LogP contribution in [0.2, 0.25) is 0 Å². The van der Waals surface area contributed by atoms with Crippen LogP contribution >= 0.6 is 0 Å². The zero-order valence-electron chi connectivity index (χ0n) is 24.4. The number of carbonyl (C=O) groups excluding carboxylic acids is 1. The standard InChI is InChI=1S/C17H23F3N2O3.C12H15F3N2O/c1-16(2,3)25-15(23)22-10-4-9-21(11-12-22)13-5-7-14(8-6-13)24-17(18,19)20;13-12(14,15)18-11-4-2-10(3-5-11)17-8-1-6-16-7-9-17/h5-8H,4,9-12H2,1-3H3;2-5,16H,1,6-9H2. The lowest BCUT2D eigenvalue weighted by Gasteiger charge is -2.27. The molecular weight excluding hydrogens is 582 g/mol. The van der Waals surface area contributed by atoms with Crippen LogP contribution in [0.3, 0.4) is 0 Å². The first-order valence-electron chi connectivity index (χ1n) is 14.0. The van der Waals surface area contributed by atoms with E-state index in [2.05, 4.69) is 19.7 Å². The molecule has 2 aromatic carbocycles. The molecule has 2 aromatic rings. The number of rotatable bonds is 4. The monoisotopic (exact) mass is 620 g/mol. The average molecular weight is 621 g/mol. The minimum Gasteiger partial charge on any atom is -0.444 e. The van der Waals surface area contributed by atoms with E-state index in [1.54, 1.807) is 29.2 Å². The van der Waals surface area contributed by atoms with Gasteiger partial charge in [0.15, 0.2) is 0 Å². The fourth-order valence-electron chi connectivity index (χ4n) is 4.51. The molecule has 1 amide bonds. The van der Waals surface area contributed by atoms with E-state index in [-0.39, 0.29) is 17.6 Å². The maximum atomic E-state index is 12.2. The van der Waals surface area contributed by atoms with Gasteiger partial charge in [0.05, 0.1) is 0 Å². The Morgan fingerprint density at radius 2 is 1.14 bits per heavy atom. The van der Waals surface area contributed by atoms with Gasteiger partial charge in [-0.05, 0) is 88.7 Å². The predicted octanol–water partition coefficient (Wildman–Crippen LogP) is 6.42. The van der Waals surface area contributed by atoms with Crippen molar-refractivity contribution in [1.29, 1.82) is 0 Å². The Hall–Kier alpha value is -3.55. The number of carbonyl (C=O) groups is 1. The summed E-state index contributed by atoms with van der Waals surface area (Å²) in [5, 5.41) is 3.27. The van der Waals surface area contributed by atoms with Gasteiger partial charge < -0.3 is 34.2 Å². The van der Waals surface area contributed by atoms with Crippen LogP contribution in [0.15, 0.2) is 48.5 Å². The quantitative estimate of drug-likeness (QED) is 0.396. The van der Waals surface area contributed by atoms with Crippen LogP contribution in [0.1, 0.15) is 33.6 Å². The van der Waals surface area contributed by atoms with Crippen molar-refractivity contribution in [3.05, 3.63) is 48.5 Å². The first-order valence-corrected chi connectivity index (χ1v) is 14.0. The zero-order valence-corrected chi connectivity index (χ0v) is 24.4. The van der Waals surface area contributed by atoms with Gasteiger partial charge in [-0.15, -0.1) is 26.3 Å². The van der Waals surface area contributed by atoms with E-state index in [1.807, 2.05) is 25.7 Å². The molecule has 43 heavy (non-hydrogen) atoms. The summed E-state index contributed by atoms with van der Waals surface area (Å²) in [5.74, 6) is -0.430. The van der Waals surface area contributed by atoms with Crippen LogP contribution in [0.5, 0.6) is 11.5 Å². The second-order valence-electron chi connectivity index (χ2n) is 11.0. The van der Waals surface area contributed by atoms with Crippen molar-refractivity contribution >= 4 is 17.5 Å². The van der Waals surface area contributed by atoms with Crippen LogP contribution in [0.25, 0.3) is 0 Å². The summed E-state index contributed by atoms with van der Waals surface area (Å²) in [6.07, 6.45) is -7.89. The summed E-state index contributed by atoms with van der Waals surface area (Å²) in [6.45, 7) is 11.5. The van der Waals surface area contributed by atoms with E-state index in [1.165, 1.54) is 24.3 Å². The molecule has 0 bridgehead atoms. The molecular formula is C29H38F6N4O4. The number of benzene rings is 2. The fraction of sp³-hybridized carbons (Fsp3) is 0.552. The number of halogens is 6. The normalized spacial score (nSPS) is 16.8. The number of nitrogens with one attached hydrogen (secondary N) is 1. The van der Waals surface area contributed by atoms with Gasteiger partial charge in [-0.1, -0.05) is 0 Å². The van der Waals surface area contributed by atoms with Gasteiger partial charge >= 0.3 is 18.8 Å². The molecule has 1 N–H and O–H groups in total. The first-order chi connectivity index (χ1) is 20.1. The van der Waals surface area contributed by atoms with Crippen molar-refractivity contribution in [3.8, 4) is 11.5 Å². The van der Waals surface area contributed by atoms with Gasteiger partial charge in [-0.25, -0.2) is 4.79 Å². The highest BCUT2D eigenvalue weighted by molar-refractivity contribution is 5.68. The molecule has 14 heteroatoms. The van der Waals surface area contributed by atoms with Crippen LogP contribution in [-0.2, 0) is 4.74 Å². The molecule has 4 rings (SSSR count). The van der Waals surface area contributed by atoms with Crippen molar-refractivity contribution in [2.75, 3.05) is 62.2 Å². The minimum atomic E-state index is -4.70. The van der Waals surface area contributed by atoms with Crippen molar-refractivity contribution in [1.82, 2.24) is 10.2 Å². The molecule has 0 aliphatic carbocycles. The second kappa shape index (κ2) is 14.8. The van der Waals surface area contributed by atoms with E-state index < -0.39 is 18.3 Å². The molecule has 2 saturated heterocycles. The fourth-order valence-corrected chi connectivity index (χ4v) is 4.51. The lowest BCUT2D eigenvalue weighted by molar-refractivity contribution is -0.275. The van der Waals surface area contributed by atoms with Crippen molar-refractivity contribution in [2.24, 2.45) is 0 Å². The summed E-state index contributed by atoms with van der Waals surface area (Å²) >= 11 is 0. The molecule has 8 nitrogen and oxygen atoms in total. The van der Waals surface area contributed by atoms with Crippen molar-refractivity contribution in [3.63, 3.8) is 0 Å². The lowest BCUT2D eigenvalue weighted by Crippen LogP contribution is -2.39. The van der Waals surface area contributed by atoms with Gasteiger partial charge in [-0.3, -0.25) is 0 Å². The molecule has 0 saturated carbocycles. The summed E-state index contributed by atoms with van der Waals surface area (Å²) in [5.41, 5.74) is 1.17. The van der Waals surface area contributed by atoms with E-state index in [0.717, 1.165) is 50.4 Å². The highest BCUT2D eigenvalue weighted by atomic mass is 19.4. The van der Waals surface area contributed by atoms with Crippen LogP contribution in [0.4, 0.5) is 42.5 Å². The Morgan fingerprint density at radius 3 is 1.63 bits per heavy atom. The zero-order chi connectivity index (χ0) is 31.7. The maximum absolute atomic E-state index is 12.2. The summed E-state index contributed by atoms with van der Waals surface area (Å²) < 4.78 is 85.7. The smallest absolute Gasteiger partial charge is 0.444 e. The topological polar surface area (TPSA) is 66.5 Å². The van der Waals surface area contributed by atoms with Gasteiger partial charge in [0.2, 0.25) is 0 Å². The van der Waals surface area contributed by atoms with Crippen molar-refractivity contribution < 1.29 is 45.3 Å². The van der Waals surface area contributed by atoms with Gasteiger partial charge in [0.25, 0.3) is 0 Å². The average Bonchev–Trinajstić information content (AvgIpc) is 3.31. The van der Waals surface area contributed by atoms with Gasteiger partial charge in [0.1, 0.15) is 17.1 Å². The van der Waals surface area contributed by atoms with Gasteiger partial charge in [-0.2, -0.15) is 0 Å². The van der Waals surface area contributed by atoms with E-state index in [4.69, 9.17) is 4.74 Å². The minimum absolute atomic E-state index is 0.181. The van der Waals surface area contributed by atoms with Crippen LogP contribution in [0, 0.1) is 0 Å². The summed E-state index contributed by atoms with van der Waals surface area (Å²) in [7, 11) is 0. The molecule has 0 spiro atoms. The number of amides is 1. The summed E-state index contributed by atoms with van der Waals surface area (Å²) in [6, 6.07) is 11.8. The highest BCUT2D eigenvalue weighted by Gasteiger charge is 2.32. The maximum Gasteiger partial charge on any atom is 0.573 e. The Morgan fingerprint density at radius 1 is 0.651 bits per heavy atom. The Balaban J connectivity index is 0.000000248. The number of hydrogen-bond donors (Lipinski definition) is 1. The Kier molecular flexibility index (Phi) is 11.7. The van der Waals surface area contributed by atoms with Crippen LogP contribution < -0.4 is 24.6 Å². The third-order valence-corrected chi connectivity index (χ3v) is 6.36. The van der Waals surface area contributed by atoms with Crippen molar-refractivity contribution in [2.45, 2.75) is 51.9 Å². The summed E-state index contributed by atoms with van der Waals surface area (Å²) in [4.78, 5) is 18.0. The number of alkyl halides is 6. The number of nitrogens with zero attached hydrogens (tertiary/aromatic N) is 3. The molecule has 2 heterocycles. The highest BCUT2D eigenvalue weighted by Crippen LogP contribution is 2.27. The lowest BCUT2D eigenvalue weighted by atomic mass is 10.2. The first kappa shape index (κ1) is 33.9. The molecule has 240 valence electrons. The molecule has 0 aromatic heterocycles. The largest absolute Gasteiger partial charge is 0.573 e.